The molecule has 0 radical (unpaired) electrons. The van der Waals surface area contributed by atoms with E-state index in [1.807, 2.05) is 17.5 Å². The Kier molecular flexibility index (Phi) is 3.24. The zero-order valence-electron chi connectivity index (χ0n) is 10.0. The van der Waals surface area contributed by atoms with E-state index in [4.69, 9.17) is 6.42 Å². The van der Waals surface area contributed by atoms with Gasteiger partial charge in [0.2, 0.25) is 5.65 Å². The first kappa shape index (κ1) is 11.4. The largest absolute Gasteiger partial charge is 0.353 e. The van der Waals surface area contributed by atoms with Gasteiger partial charge >= 0.3 is 0 Å². The number of hydrogen-bond donors (Lipinski definition) is 1. The van der Waals surface area contributed by atoms with Crippen molar-refractivity contribution in [2.24, 2.45) is 0 Å². The van der Waals surface area contributed by atoms with Gasteiger partial charge < -0.3 is 5.32 Å². The van der Waals surface area contributed by atoms with E-state index in [-0.39, 0.29) is 6.04 Å². The molecule has 0 saturated carbocycles. The van der Waals surface area contributed by atoms with E-state index in [1.54, 1.807) is 6.20 Å². The summed E-state index contributed by atoms with van der Waals surface area (Å²) in [7, 11) is 0. The van der Waals surface area contributed by atoms with E-state index in [1.165, 1.54) is 0 Å². The standard InChI is InChI=1S/C12H15N5/c1-4-6-10(5-2)14-11-12-16-15-9(3)17(12)8-7-13-11/h2,7-8,10H,4,6H2,1,3H3,(H,13,14). The highest BCUT2D eigenvalue weighted by molar-refractivity contribution is 5.62. The molecule has 0 aliphatic carbocycles. The smallest absolute Gasteiger partial charge is 0.203 e. The molecule has 2 rings (SSSR count). The van der Waals surface area contributed by atoms with Gasteiger partial charge in [0.15, 0.2) is 5.82 Å². The molecule has 0 bridgehead atoms. The summed E-state index contributed by atoms with van der Waals surface area (Å²) in [4.78, 5) is 4.26. The van der Waals surface area contributed by atoms with E-state index >= 15 is 0 Å². The lowest BCUT2D eigenvalue weighted by Crippen LogP contribution is -2.18. The van der Waals surface area contributed by atoms with E-state index in [2.05, 4.69) is 33.3 Å². The average molecular weight is 229 g/mol. The van der Waals surface area contributed by atoms with Gasteiger partial charge in [0.1, 0.15) is 5.82 Å². The lowest BCUT2D eigenvalue weighted by molar-refractivity contribution is 0.752. The first-order valence-electron chi connectivity index (χ1n) is 5.65. The van der Waals surface area contributed by atoms with Gasteiger partial charge in [-0.15, -0.1) is 16.6 Å². The van der Waals surface area contributed by atoms with Crippen LogP contribution in [0, 0.1) is 19.3 Å². The molecule has 17 heavy (non-hydrogen) atoms. The highest BCUT2D eigenvalue weighted by atomic mass is 15.3. The van der Waals surface area contributed by atoms with Crippen LogP contribution in [0.3, 0.4) is 0 Å². The van der Waals surface area contributed by atoms with Crippen molar-refractivity contribution >= 4 is 11.5 Å². The van der Waals surface area contributed by atoms with E-state index in [9.17, 15) is 0 Å². The Labute approximate surface area is 100 Å². The molecule has 1 unspecified atom stereocenters. The number of hydrogen-bond acceptors (Lipinski definition) is 4. The van der Waals surface area contributed by atoms with Crippen LogP contribution in [-0.2, 0) is 0 Å². The Hall–Kier alpha value is -2.09. The van der Waals surface area contributed by atoms with Crippen LogP contribution in [0.2, 0.25) is 0 Å². The minimum Gasteiger partial charge on any atom is -0.353 e. The molecule has 2 heterocycles. The fraction of sp³-hybridized carbons (Fsp3) is 0.417. The monoisotopic (exact) mass is 229 g/mol. The molecule has 0 aromatic carbocycles. The Morgan fingerprint density at radius 3 is 3.06 bits per heavy atom. The van der Waals surface area contributed by atoms with Crippen molar-refractivity contribution in [3.63, 3.8) is 0 Å². The fourth-order valence-electron chi connectivity index (χ4n) is 1.69. The van der Waals surface area contributed by atoms with Gasteiger partial charge in [-0.25, -0.2) is 4.98 Å². The normalized spacial score (nSPS) is 12.3. The number of aryl methyl sites for hydroxylation is 1. The van der Waals surface area contributed by atoms with Gasteiger partial charge in [0, 0.05) is 12.4 Å². The second-order valence-electron chi connectivity index (χ2n) is 3.87. The molecule has 1 N–H and O–H groups in total. The summed E-state index contributed by atoms with van der Waals surface area (Å²) in [5, 5.41) is 11.3. The maximum atomic E-state index is 5.47. The Balaban J connectivity index is 2.33. The highest BCUT2D eigenvalue weighted by Gasteiger charge is 2.10. The summed E-state index contributed by atoms with van der Waals surface area (Å²) in [5.41, 5.74) is 0.710. The number of nitrogens with zero attached hydrogens (tertiary/aromatic N) is 4. The summed E-state index contributed by atoms with van der Waals surface area (Å²) >= 11 is 0. The summed E-state index contributed by atoms with van der Waals surface area (Å²) in [6.07, 6.45) is 11.0. The van der Waals surface area contributed by atoms with Crippen molar-refractivity contribution in [2.45, 2.75) is 32.7 Å². The Bertz CT molecular complexity index is 552. The number of fused-ring (bicyclic) bond motifs is 1. The third kappa shape index (κ3) is 2.21. The van der Waals surface area contributed by atoms with Crippen LogP contribution < -0.4 is 5.32 Å². The number of rotatable bonds is 4. The second kappa shape index (κ2) is 4.83. The molecular formula is C12H15N5. The van der Waals surface area contributed by atoms with Gasteiger partial charge in [0.25, 0.3) is 0 Å². The van der Waals surface area contributed by atoms with Gasteiger partial charge in [-0.2, -0.15) is 0 Å². The molecule has 88 valence electrons. The zero-order valence-corrected chi connectivity index (χ0v) is 10.0. The third-order valence-electron chi connectivity index (χ3n) is 2.59. The first-order chi connectivity index (χ1) is 8.26. The lowest BCUT2D eigenvalue weighted by Gasteiger charge is -2.12. The van der Waals surface area contributed by atoms with Crippen LogP contribution in [0.15, 0.2) is 12.4 Å². The van der Waals surface area contributed by atoms with Crippen molar-refractivity contribution in [3.8, 4) is 12.3 Å². The zero-order chi connectivity index (χ0) is 12.3. The minimum absolute atomic E-state index is 0.0179. The molecule has 0 saturated heterocycles. The van der Waals surface area contributed by atoms with Gasteiger partial charge in [-0.1, -0.05) is 19.3 Å². The van der Waals surface area contributed by atoms with Crippen molar-refractivity contribution < 1.29 is 0 Å². The molecular weight excluding hydrogens is 214 g/mol. The Morgan fingerprint density at radius 1 is 1.53 bits per heavy atom. The van der Waals surface area contributed by atoms with Crippen molar-refractivity contribution in [1.82, 2.24) is 19.6 Å². The van der Waals surface area contributed by atoms with Crippen LogP contribution in [-0.4, -0.2) is 25.6 Å². The minimum atomic E-state index is -0.0179. The van der Waals surface area contributed by atoms with E-state index < -0.39 is 0 Å². The predicted octanol–water partition coefficient (Wildman–Crippen LogP) is 1.65. The molecule has 5 heteroatoms. The molecule has 0 aliphatic heterocycles. The van der Waals surface area contributed by atoms with Crippen LogP contribution in [0.5, 0.6) is 0 Å². The van der Waals surface area contributed by atoms with Crippen LogP contribution in [0.25, 0.3) is 5.65 Å². The molecule has 2 aromatic heterocycles. The number of anilines is 1. The highest BCUT2D eigenvalue weighted by Crippen LogP contribution is 2.14. The van der Waals surface area contributed by atoms with Crippen molar-refractivity contribution in [1.29, 1.82) is 0 Å². The third-order valence-corrected chi connectivity index (χ3v) is 2.59. The fourth-order valence-corrected chi connectivity index (χ4v) is 1.69. The van der Waals surface area contributed by atoms with Crippen molar-refractivity contribution in [3.05, 3.63) is 18.2 Å². The summed E-state index contributed by atoms with van der Waals surface area (Å²) in [6.45, 7) is 4.00. The molecule has 0 aliphatic rings. The van der Waals surface area contributed by atoms with Gasteiger partial charge in [0.05, 0.1) is 6.04 Å². The SMILES string of the molecule is C#CC(CCC)Nc1nccn2c(C)nnc12. The van der Waals surface area contributed by atoms with Gasteiger partial charge in [-0.05, 0) is 13.3 Å². The molecule has 0 amide bonds. The molecule has 5 nitrogen and oxygen atoms in total. The van der Waals surface area contributed by atoms with Crippen LogP contribution >= 0.6 is 0 Å². The predicted molar refractivity (Wildman–Crippen MR) is 66.7 cm³/mol. The molecule has 0 spiro atoms. The number of nitrogens with one attached hydrogen (secondary N) is 1. The maximum absolute atomic E-state index is 5.47. The second-order valence-corrected chi connectivity index (χ2v) is 3.87. The summed E-state index contributed by atoms with van der Waals surface area (Å²) in [6, 6.07) is -0.0179. The van der Waals surface area contributed by atoms with Crippen LogP contribution in [0.4, 0.5) is 5.82 Å². The Morgan fingerprint density at radius 2 is 2.35 bits per heavy atom. The summed E-state index contributed by atoms with van der Waals surface area (Å²) < 4.78 is 1.88. The average Bonchev–Trinajstić information content (AvgIpc) is 2.72. The number of aromatic nitrogens is 4. The lowest BCUT2D eigenvalue weighted by atomic mass is 10.2. The number of terminal acetylenes is 1. The van der Waals surface area contributed by atoms with E-state index in [0.717, 1.165) is 18.7 Å². The first-order valence-corrected chi connectivity index (χ1v) is 5.65. The topological polar surface area (TPSA) is 55.1 Å². The van der Waals surface area contributed by atoms with Crippen molar-refractivity contribution in [2.75, 3.05) is 5.32 Å². The molecule has 0 fully saturated rings. The molecule has 2 aromatic rings. The van der Waals surface area contributed by atoms with E-state index in [0.29, 0.717) is 11.5 Å². The summed E-state index contributed by atoms with van der Waals surface area (Å²) in [5.74, 6) is 4.23. The quantitative estimate of drug-likeness (QED) is 0.810. The van der Waals surface area contributed by atoms with Crippen LogP contribution in [0.1, 0.15) is 25.6 Å². The molecule has 1 atom stereocenters. The maximum Gasteiger partial charge on any atom is 0.203 e. The van der Waals surface area contributed by atoms with Gasteiger partial charge in [-0.3, -0.25) is 4.40 Å².